The van der Waals surface area contributed by atoms with Crippen molar-refractivity contribution >= 4 is 23.4 Å². The second-order valence-electron chi connectivity index (χ2n) is 6.51. The Bertz CT molecular complexity index is 1030. The molecule has 152 valence electrons. The number of halogens is 3. The molecule has 3 rings (SSSR count). The Morgan fingerprint density at radius 3 is 2.55 bits per heavy atom. The van der Waals surface area contributed by atoms with Crippen LogP contribution < -0.4 is 5.32 Å². The summed E-state index contributed by atoms with van der Waals surface area (Å²) in [5, 5.41) is 10.8. The molecule has 0 fully saturated rings. The third-order valence-electron chi connectivity index (χ3n) is 4.33. The second-order valence-corrected chi connectivity index (χ2v) is 7.82. The molecule has 1 N–H and O–H groups in total. The van der Waals surface area contributed by atoms with Crippen molar-refractivity contribution in [1.82, 2.24) is 14.8 Å². The van der Waals surface area contributed by atoms with Gasteiger partial charge in [0.05, 0.1) is 10.8 Å². The summed E-state index contributed by atoms with van der Waals surface area (Å²) in [4.78, 5) is 12.4. The molecule has 0 bridgehead atoms. The average molecular weight is 420 g/mol. The highest BCUT2D eigenvalue weighted by Crippen LogP contribution is 2.31. The molecule has 1 heterocycles. The zero-order valence-electron chi connectivity index (χ0n) is 16.0. The topological polar surface area (TPSA) is 59.8 Å². The Kier molecular flexibility index (Phi) is 5.97. The van der Waals surface area contributed by atoms with E-state index in [0.29, 0.717) is 11.0 Å². The molecule has 1 atom stereocenters. The van der Waals surface area contributed by atoms with Gasteiger partial charge < -0.3 is 9.88 Å². The maximum atomic E-state index is 12.8. The number of thioether (sulfide) groups is 1. The molecule has 9 heteroatoms. The fraction of sp³-hybridized carbons (Fsp3) is 0.250. The van der Waals surface area contributed by atoms with Crippen molar-refractivity contribution in [2.75, 3.05) is 5.32 Å². The van der Waals surface area contributed by atoms with Gasteiger partial charge in [0, 0.05) is 18.3 Å². The molecule has 0 radical (unpaired) electrons. The minimum Gasteiger partial charge on any atom is -0.325 e. The number of nitrogens with one attached hydrogen (secondary N) is 1. The number of benzene rings is 2. The van der Waals surface area contributed by atoms with Gasteiger partial charge in [-0.15, -0.1) is 10.2 Å². The van der Waals surface area contributed by atoms with E-state index in [4.69, 9.17) is 0 Å². The third-order valence-corrected chi connectivity index (χ3v) is 5.46. The first-order valence-corrected chi connectivity index (χ1v) is 9.65. The largest absolute Gasteiger partial charge is 0.416 e. The molecule has 0 aliphatic carbocycles. The van der Waals surface area contributed by atoms with Crippen LogP contribution in [-0.2, 0) is 18.0 Å². The molecule has 2 aromatic carbocycles. The Hall–Kier alpha value is -2.81. The predicted octanol–water partition coefficient (Wildman–Crippen LogP) is 4.93. The van der Waals surface area contributed by atoms with Crippen LogP contribution >= 0.6 is 11.8 Å². The standard InChI is InChI=1S/C20H19F3N4OS/c1-12-7-4-5-10-16(12)17-25-26-19(27(17)3)29-13(2)18(28)24-15-9-6-8-14(11-15)20(21,22)23/h4-11,13H,1-3H3,(H,24,28)/t13-/m1/s1. The molecule has 1 aromatic heterocycles. The summed E-state index contributed by atoms with van der Waals surface area (Å²) in [5.41, 5.74) is 1.27. The lowest BCUT2D eigenvalue weighted by Gasteiger charge is -2.13. The summed E-state index contributed by atoms with van der Waals surface area (Å²) in [6, 6.07) is 12.3. The Balaban J connectivity index is 1.72. The lowest BCUT2D eigenvalue weighted by atomic mass is 10.1. The quantitative estimate of drug-likeness (QED) is 0.595. The number of anilines is 1. The molecule has 0 spiro atoms. The van der Waals surface area contributed by atoms with Gasteiger partial charge in [0.2, 0.25) is 5.91 Å². The van der Waals surface area contributed by atoms with Crippen LogP contribution in [0.15, 0.2) is 53.7 Å². The number of alkyl halides is 3. The van der Waals surface area contributed by atoms with Gasteiger partial charge in [0.15, 0.2) is 11.0 Å². The summed E-state index contributed by atoms with van der Waals surface area (Å²) in [7, 11) is 1.81. The number of nitrogens with zero attached hydrogens (tertiary/aromatic N) is 3. The van der Waals surface area contributed by atoms with Gasteiger partial charge in [-0.25, -0.2) is 0 Å². The molecule has 0 unspecified atom stereocenters. The molecule has 3 aromatic rings. The van der Waals surface area contributed by atoms with Crippen molar-refractivity contribution in [3.05, 3.63) is 59.7 Å². The molecule has 29 heavy (non-hydrogen) atoms. The highest BCUT2D eigenvalue weighted by Gasteiger charge is 2.30. The smallest absolute Gasteiger partial charge is 0.325 e. The molecule has 0 aliphatic rings. The number of hydrogen-bond acceptors (Lipinski definition) is 4. The summed E-state index contributed by atoms with van der Waals surface area (Å²) in [6.45, 7) is 3.64. The van der Waals surface area contributed by atoms with E-state index in [1.807, 2.05) is 38.2 Å². The SMILES string of the molecule is Cc1ccccc1-c1nnc(S[C@H](C)C(=O)Nc2cccc(C(F)(F)F)c2)n1C. The number of rotatable bonds is 5. The first-order valence-electron chi connectivity index (χ1n) is 8.77. The van der Waals surface area contributed by atoms with E-state index < -0.39 is 22.9 Å². The van der Waals surface area contributed by atoms with E-state index in [9.17, 15) is 18.0 Å². The van der Waals surface area contributed by atoms with Crippen LogP contribution in [-0.4, -0.2) is 25.9 Å². The van der Waals surface area contributed by atoms with E-state index in [1.54, 1.807) is 11.5 Å². The van der Waals surface area contributed by atoms with E-state index in [2.05, 4.69) is 15.5 Å². The molecule has 1 amide bonds. The number of carbonyl (C=O) groups excluding carboxylic acids is 1. The van der Waals surface area contributed by atoms with Crippen LogP contribution in [0.3, 0.4) is 0 Å². The molecular weight excluding hydrogens is 401 g/mol. The summed E-state index contributed by atoms with van der Waals surface area (Å²) < 4.78 is 40.3. The zero-order chi connectivity index (χ0) is 21.2. The first-order chi connectivity index (χ1) is 13.7. The minimum atomic E-state index is -4.47. The fourth-order valence-corrected chi connectivity index (χ4v) is 3.52. The van der Waals surface area contributed by atoms with E-state index in [1.165, 1.54) is 23.9 Å². The molecular formula is C20H19F3N4OS. The lowest BCUT2D eigenvalue weighted by molar-refractivity contribution is -0.137. The third kappa shape index (κ3) is 4.79. The van der Waals surface area contributed by atoms with Gasteiger partial charge >= 0.3 is 6.18 Å². The van der Waals surface area contributed by atoms with Crippen molar-refractivity contribution < 1.29 is 18.0 Å². The minimum absolute atomic E-state index is 0.0934. The van der Waals surface area contributed by atoms with Gasteiger partial charge in [0.25, 0.3) is 0 Å². The monoisotopic (exact) mass is 420 g/mol. The zero-order valence-corrected chi connectivity index (χ0v) is 16.8. The maximum Gasteiger partial charge on any atom is 0.416 e. The van der Waals surface area contributed by atoms with Crippen molar-refractivity contribution in [3.8, 4) is 11.4 Å². The molecule has 5 nitrogen and oxygen atoms in total. The van der Waals surface area contributed by atoms with Crippen LogP contribution in [0, 0.1) is 6.92 Å². The highest BCUT2D eigenvalue weighted by atomic mass is 32.2. The van der Waals surface area contributed by atoms with Crippen molar-refractivity contribution in [2.45, 2.75) is 30.4 Å². The van der Waals surface area contributed by atoms with Gasteiger partial charge in [-0.1, -0.05) is 42.1 Å². The number of aryl methyl sites for hydroxylation is 1. The predicted molar refractivity (Wildman–Crippen MR) is 107 cm³/mol. The van der Waals surface area contributed by atoms with E-state index in [0.717, 1.165) is 23.3 Å². The molecule has 0 saturated heterocycles. The van der Waals surface area contributed by atoms with Crippen molar-refractivity contribution in [2.24, 2.45) is 7.05 Å². The van der Waals surface area contributed by atoms with Gasteiger partial charge in [-0.2, -0.15) is 13.2 Å². The molecule has 0 aliphatic heterocycles. The fourth-order valence-electron chi connectivity index (χ4n) is 2.70. The lowest BCUT2D eigenvalue weighted by Crippen LogP contribution is -2.23. The van der Waals surface area contributed by atoms with Crippen LogP contribution in [0.25, 0.3) is 11.4 Å². The van der Waals surface area contributed by atoms with Crippen LogP contribution in [0.2, 0.25) is 0 Å². The van der Waals surface area contributed by atoms with E-state index >= 15 is 0 Å². The summed E-state index contributed by atoms with van der Waals surface area (Å²) in [5.74, 6) is 0.255. The summed E-state index contributed by atoms with van der Waals surface area (Å²) in [6.07, 6.45) is -4.47. The van der Waals surface area contributed by atoms with Crippen LogP contribution in [0.4, 0.5) is 18.9 Å². The number of hydrogen-bond donors (Lipinski definition) is 1. The maximum absolute atomic E-state index is 12.8. The Labute approximate surface area is 170 Å². The van der Waals surface area contributed by atoms with E-state index in [-0.39, 0.29) is 5.69 Å². The highest BCUT2D eigenvalue weighted by molar-refractivity contribution is 8.00. The first kappa shape index (κ1) is 20.9. The Morgan fingerprint density at radius 2 is 1.86 bits per heavy atom. The Morgan fingerprint density at radius 1 is 1.14 bits per heavy atom. The van der Waals surface area contributed by atoms with Gasteiger partial charge in [0.1, 0.15) is 0 Å². The van der Waals surface area contributed by atoms with Gasteiger partial charge in [-0.3, -0.25) is 4.79 Å². The number of aromatic nitrogens is 3. The molecule has 0 saturated carbocycles. The van der Waals surface area contributed by atoms with Crippen molar-refractivity contribution in [3.63, 3.8) is 0 Å². The normalized spacial score (nSPS) is 12.6. The number of amides is 1. The second kappa shape index (κ2) is 8.28. The average Bonchev–Trinajstić information content (AvgIpc) is 3.02. The van der Waals surface area contributed by atoms with Crippen molar-refractivity contribution in [1.29, 1.82) is 0 Å². The van der Waals surface area contributed by atoms with Crippen LogP contribution in [0.5, 0.6) is 0 Å². The number of carbonyl (C=O) groups is 1. The summed E-state index contributed by atoms with van der Waals surface area (Å²) >= 11 is 1.18. The van der Waals surface area contributed by atoms with Crippen LogP contribution in [0.1, 0.15) is 18.1 Å². The van der Waals surface area contributed by atoms with Gasteiger partial charge in [-0.05, 0) is 37.6 Å².